The maximum absolute atomic E-state index is 12.1. The lowest BCUT2D eigenvalue weighted by Gasteiger charge is -2.40. The molecule has 5 heteroatoms. The van der Waals surface area contributed by atoms with Gasteiger partial charge in [0.25, 0.3) is 0 Å². The number of carbonyl (C=O) groups excluding carboxylic acids is 1. The molecule has 1 heterocycles. The van der Waals surface area contributed by atoms with Crippen LogP contribution in [0.2, 0.25) is 0 Å². The topological polar surface area (TPSA) is 53.0 Å². The van der Waals surface area contributed by atoms with E-state index in [2.05, 4.69) is 17.0 Å². The first-order valence-corrected chi connectivity index (χ1v) is 8.60. The fraction of sp³-hybridized carbons (Fsp3) is 0.632. The Hall–Kier alpha value is -1.59. The van der Waals surface area contributed by atoms with Crippen molar-refractivity contribution >= 4 is 6.09 Å². The monoisotopic (exact) mass is 334 g/mol. The molecule has 1 aliphatic heterocycles. The van der Waals surface area contributed by atoms with Gasteiger partial charge in [0.1, 0.15) is 5.60 Å². The van der Waals surface area contributed by atoms with E-state index < -0.39 is 11.2 Å². The predicted molar refractivity (Wildman–Crippen MR) is 94.8 cm³/mol. The Balaban J connectivity index is 1.82. The van der Waals surface area contributed by atoms with Crippen molar-refractivity contribution in [3.05, 3.63) is 35.9 Å². The number of ether oxygens (including phenoxy) is 1. The normalized spacial score (nSPS) is 18.2. The molecule has 1 aromatic carbocycles. The van der Waals surface area contributed by atoms with Crippen molar-refractivity contribution in [3.8, 4) is 0 Å². The van der Waals surface area contributed by atoms with E-state index >= 15 is 0 Å². The number of likely N-dealkylation sites (N-methyl/N-ethyl adjacent to an activating group) is 1. The largest absolute Gasteiger partial charge is 0.444 e. The molecule has 1 fully saturated rings. The third-order valence-electron chi connectivity index (χ3n) is 4.27. The summed E-state index contributed by atoms with van der Waals surface area (Å²) in [6.45, 7) is 8.39. The summed E-state index contributed by atoms with van der Waals surface area (Å²) in [5.41, 5.74) is -0.0694. The summed E-state index contributed by atoms with van der Waals surface area (Å²) in [6.07, 6.45) is 0.933. The van der Waals surface area contributed by atoms with E-state index in [1.165, 1.54) is 10.5 Å². The number of benzene rings is 1. The number of hydrogen-bond acceptors (Lipinski definition) is 4. The molecule has 0 saturated carbocycles. The van der Waals surface area contributed by atoms with Crippen LogP contribution in [0.4, 0.5) is 4.79 Å². The predicted octanol–water partition coefficient (Wildman–Crippen LogP) is 2.88. The van der Waals surface area contributed by atoms with Gasteiger partial charge in [-0.15, -0.1) is 0 Å². The van der Waals surface area contributed by atoms with E-state index in [0.29, 0.717) is 19.4 Å². The molecule has 1 aliphatic rings. The van der Waals surface area contributed by atoms with Crippen LogP contribution in [0.25, 0.3) is 0 Å². The zero-order valence-electron chi connectivity index (χ0n) is 15.3. The van der Waals surface area contributed by atoms with Gasteiger partial charge < -0.3 is 14.7 Å². The molecule has 1 N–H and O–H groups in total. The van der Waals surface area contributed by atoms with Gasteiger partial charge in [0.15, 0.2) is 0 Å². The van der Waals surface area contributed by atoms with E-state index in [4.69, 9.17) is 4.74 Å². The lowest BCUT2D eigenvalue weighted by molar-refractivity contribution is -0.0480. The van der Waals surface area contributed by atoms with Crippen LogP contribution in [-0.4, -0.2) is 58.9 Å². The Bertz CT molecular complexity index is 531. The van der Waals surface area contributed by atoms with Gasteiger partial charge in [-0.2, -0.15) is 0 Å². The van der Waals surface area contributed by atoms with Crippen LogP contribution < -0.4 is 0 Å². The minimum atomic E-state index is -0.834. The Kier molecular flexibility index (Phi) is 5.88. The van der Waals surface area contributed by atoms with Crippen molar-refractivity contribution in [2.75, 3.05) is 26.7 Å². The second-order valence-corrected chi connectivity index (χ2v) is 7.82. The Morgan fingerprint density at radius 1 is 1.25 bits per heavy atom. The molecule has 0 aliphatic carbocycles. The van der Waals surface area contributed by atoms with Crippen LogP contribution in [0.5, 0.6) is 0 Å². The van der Waals surface area contributed by atoms with Gasteiger partial charge in [-0.3, -0.25) is 4.90 Å². The van der Waals surface area contributed by atoms with Crippen LogP contribution in [0.1, 0.15) is 39.2 Å². The number of hydrogen-bond donors (Lipinski definition) is 1. The van der Waals surface area contributed by atoms with Crippen LogP contribution in [0.3, 0.4) is 0 Å². The van der Waals surface area contributed by atoms with E-state index in [-0.39, 0.29) is 6.09 Å². The Morgan fingerprint density at radius 3 is 2.38 bits per heavy atom. The molecule has 1 amide bonds. The van der Waals surface area contributed by atoms with Crippen LogP contribution in [0.15, 0.2) is 30.3 Å². The molecule has 1 aromatic rings. The molecule has 0 spiro atoms. The highest BCUT2D eigenvalue weighted by atomic mass is 16.6. The summed E-state index contributed by atoms with van der Waals surface area (Å²) >= 11 is 0. The summed E-state index contributed by atoms with van der Waals surface area (Å²) in [4.78, 5) is 15.9. The van der Waals surface area contributed by atoms with Crippen molar-refractivity contribution in [2.45, 2.75) is 51.4 Å². The summed E-state index contributed by atoms with van der Waals surface area (Å²) in [5.74, 6) is 0. The van der Waals surface area contributed by atoms with Gasteiger partial charge in [-0.25, -0.2) is 4.79 Å². The molecule has 5 nitrogen and oxygen atoms in total. The fourth-order valence-electron chi connectivity index (χ4n) is 2.97. The zero-order chi connectivity index (χ0) is 17.8. The highest BCUT2D eigenvalue weighted by Gasteiger charge is 2.35. The minimum absolute atomic E-state index is 0.307. The molecular weight excluding hydrogens is 304 g/mol. The smallest absolute Gasteiger partial charge is 0.410 e. The van der Waals surface area contributed by atoms with Gasteiger partial charge in [0.05, 0.1) is 12.1 Å². The van der Waals surface area contributed by atoms with Crippen LogP contribution in [-0.2, 0) is 11.3 Å². The third-order valence-corrected chi connectivity index (χ3v) is 4.27. The van der Waals surface area contributed by atoms with Crippen molar-refractivity contribution in [1.29, 1.82) is 0 Å². The quantitative estimate of drug-likeness (QED) is 0.920. The molecule has 0 bridgehead atoms. The third kappa shape index (κ3) is 5.80. The maximum Gasteiger partial charge on any atom is 0.410 e. The molecule has 0 radical (unpaired) electrons. The van der Waals surface area contributed by atoms with Crippen molar-refractivity contribution in [3.63, 3.8) is 0 Å². The highest BCUT2D eigenvalue weighted by molar-refractivity contribution is 5.67. The average molecular weight is 334 g/mol. The number of carbonyl (C=O) groups is 1. The van der Waals surface area contributed by atoms with Crippen LogP contribution >= 0.6 is 0 Å². The minimum Gasteiger partial charge on any atom is -0.444 e. The second kappa shape index (κ2) is 7.53. The Morgan fingerprint density at radius 2 is 1.83 bits per heavy atom. The van der Waals surface area contributed by atoms with E-state index in [1.807, 2.05) is 39.0 Å². The van der Waals surface area contributed by atoms with Gasteiger partial charge in [-0.05, 0) is 39.2 Å². The number of rotatable bonds is 4. The maximum atomic E-state index is 12.1. The molecule has 24 heavy (non-hydrogen) atoms. The molecule has 0 aromatic heterocycles. The lowest BCUT2D eigenvalue weighted by atomic mass is 9.90. The van der Waals surface area contributed by atoms with Crippen LogP contribution in [0, 0.1) is 0 Å². The number of likely N-dealkylation sites (tertiary alicyclic amines) is 1. The number of amides is 1. The molecular formula is C19H30N2O3. The first-order chi connectivity index (χ1) is 11.2. The van der Waals surface area contributed by atoms with E-state index in [9.17, 15) is 9.90 Å². The molecule has 2 rings (SSSR count). The fourth-order valence-corrected chi connectivity index (χ4v) is 2.97. The second-order valence-electron chi connectivity index (χ2n) is 7.82. The van der Waals surface area contributed by atoms with Gasteiger partial charge >= 0.3 is 6.09 Å². The summed E-state index contributed by atoms with van der Waals surface area (Å²) < 4.78 is 5.35. The summed E-state index contributed by atoms with van der Waals surface area (Å²) in [7, 11) is 1.68. The van der Waals surface area contributed by atoms with Crippen molar-refractivity contribution in [2.24, 2.45) is 0 Å². The Labute approximate surface area is 145 Å². The average Bonchev–Trinajstić information content (AvgIpc) is 2.49. The number of nitrogens with zero attached hydrogens (tertiary/aromatic N) is 2. The first-order valence-electron chi connectivity index (χ1n) is 8.60. The van der Waals surface area contributed by atoms with Gasteiger partial charge in [0, 0.05) is 26.7 Å². The zero-order valence-corrected chi connectivity index (χ0v) is 15.3. The SMILES string of the molecule is CN(CC1(O)CCN(Cc2ccccc2)CC1)C(=O)OC(C)(C)C. The van der Waals surface area contributed by atoms with Gasteiger partial charge in [-0.1, -0.05) is 30.3 Å². The van der Waals surface area contributed by atoms with Crippen molar-refractivity contribution in [1.82, 2.24) is 9.80 Å². The van der Waals surface area contributed by atoms with Gasteiger partial charge in [0.2, 0.25) is 0 Å². The molecule has 1 saturated heterocycles. The summed E-state index contributed by atoms with van der Waals surface area (Å²) in [6, 6.07) is 10.4. The summed E-state index contributed by atoms with van der Waals surface area (Å²) in [5, 5.41) is 10.8. The first kappa shape index (κ1) is 18.7. The molecule has 134 valence electrons. The molecule has 0 unspecified atom stereocenters. The number of aliphatic hydroxyl groups is 1. The lowest BCUT2D eigenvalue weighted by Crippen LogP contribution is -2.51. The number of piperidine rings is 1. The highest BCUT2D eigenvalue weighted by Crippen LogP contribution is 2.25. The van der Waals surface area contributed by atoms with E-state index in [1.54, 1.807) is 7.05 Å². The molecule has 0 atom stereocenters. The standard InChI is InChI=1S/C19H30N2O3/c1-18(2,3)24-17(22)20(4)15-19(23)10-12-21(13-11-19)14-16-8-6-5-7-9-16/h5-9,23H,10-15H2,1-4H3. The van der Waals surface area contributed by atoms with Crippen molar-refractivity contribution < 1.29 is 14.6 Å². The van der Waals surface area contributed by atoms with E-state index in [0.717, 1.165) is 19.6 Å².